The molecule has 12 aromatic rings. The number of anilines is 4. The number of thioether (sulfide) groups is 1. The maximum absolute atomic E-state index is 7.03. The lowest BCUT2D eigenvalue weighted by Gasteiger charge is -2.26. The standard InChI is InChI=1S/C25H34N4O3S.C21H23ClN4OS.C20H24ClN3OS.C20H25N3OS2.O2/c1-17(2)26-24-28-22(16-33-24)21-15-23(32-25(3,4)5)19-7-6-18(14-20(19)27-21)31-13-10-29-8-11-30-12-9-29;1-12(2)24-21-26-17(11-28-21)16-10-18(27-13(3)4)15-7-6-14(8-9-23-5)19(22)20(15)25-16;1-11(2)22-19-24-17(18(21)26-19)15-10-16(25-20(4,5)6)13-8-7-12(3)9-14(13)23-15;1-12(2)21-20-23-18(11-26-20)17-9-19(24-13(3)4)15-7-6-14(10-25-5)8-16(15)22-17;1-2/h6-7,14-17H,8-13H2,1-5H3,(H,26,28);6-7,10-13H,8-9H2,1-4H3,(H,24,26);7-11H,1-6H3,(H,22,24);6-9,11-13H,10H2,1-5H3,(H,21,23);. The van der Waals surface area contributed by atoms with Crippen LogP contribution in [0.25, 0.3) is 94.0 Å². The number of halogens is 2. The fourth-order valence-electron chi connectivity index (χ4n) is 11.8. The van der Waals surface area contributed by atoms with Crippen LogP contribution in [0.1, 0.15) is 141 Å². The van der Waals surface area contributed by atoms with E-state index in [9.17, 15) is 0 Å². The molecule has 0 spiro atoms. The number of nitrogens with one attached hydrogen (secondary N) is 4. The van der Waals surface area contributed by atoms with Gasteiger partial charge in [-0.3, -0.25) is 4.90 Å². The van der Waals surface area contributed by atoms with E-state index in [0.29, 0.717) is 58.3 Å². The van der Waals surface area contributed by atoms with Crippen LogP contribution in [0.5, 0.6) is 28.7 Å². The molecule has 0 aliphatic carbocycles. The van der Waals surface area contributed by atoms with Crippen molar-refractivity contribution in [2.24, 2.45) is 0 Å². The third-order valence-corrected chi connectivity index (χ3v) is 20.9. The zero-order chi connectivity index (χ0) is 83.4. The molecule has 1 aliphatic rings. The first-order valence-corrected chi connectivity index (χ1v) is 44.0. The van der Waals surface area contributed by atoms with E-state index in [4.69, 9.17) is 98.0 Å². The Kier molecular flexibility index (Phi) is 32.8. The third kappa shape index (κ3) is 26.6. The van der Waals surface area contributed by atoms with Gasteiger partial charge in [-0.15, -0.1) is 34.0 Å². The first kappa shape index (κ1) is 90.1. The highest BCUT2D eigenvalue weighted by atomic mass is 35.5. The summed E-state index contributed by atoms with van der Waals surface area (Å²) in [6.45, 7) is 51.6. The van der Waals surface area contributed by atoms with Crippen LogP contribution in [0.4, 0.5) is 20.5 Å². The van der Waals surface area contributed by atoms with Crippen LogP contribution in [0.3, 0.4) is 0 Å². The molecule has 0 atom stereocenters. The van der Waals surface area contributed by atoms with Crippen molar-refractivity contribution >= 4 is 144 Å². The van der Waals surface area contributed by atoms with Crippen LogP contribution >= 0.6 is 80.3 Å². The first-order valence-electron chi connectivity index (χ1n) is 38.4. The Morgan fingerprint density at radius 1 is 0.539 bits per heavy atom. The molecule has 0 unspecified atom stereocenters. The maximum atomic E-state index is 7.03. The Morgan fingerprint density at radius 2 is 0.991 bits per heavy atom. The van der Waals surface area contributed by atoms with E-state index in [1.165, 1.54) is 16.9 Å². The molecule has 8 aromatic heterocycles. The number of nitrogens with zero attached hydrogens (tertiary/aromatic N) is 10. The van der Waals surface area contributed by atoms with E-state index < -0.39 is 0 Å². The molecule has 13 rings (SSSR count). The van der Waals surface area contributed by atoms with Gasteiger partial charge < -0.3 is 54.5 Å². The zero-order valence-corrected chi connectivity index (χ0v) is 74.9. The Bertz CT molecular complexity index is 5240. The molecular formula is C86H106Cl2N14O8S5. The van der Waals surface area contributed by atoms with Gasteiger partial charge in [0.1, 0.15) is 73.7 Å². The lowest BCUT2D eigenvalue weighted by atomic mass is 10.1. The number of thiazole rings is 4. The smallest absolute Gasteiger partial charge is 0.218 e. The van der Waals surface area contributed by atoms with Crippen LogP contribution in [0.2, 0.25) is 9.36 Å². The number of aryl methyl sites for hydroxylation is 1. The lowest BCUT2D eigenvalue weighted by molar-refractivity contribution is 0.0322. The van der Waals surface area contributed by atoms with Gasteiger partial charge in [-0.25, -0.2) is 46.4 Å². The number of hydrogen-bond donors (Lipinski definition) is 4. The van der Waals surface area contributed by atoms with Crippen molar-refractivity contribution in [3.05, 3.63) is 155 Å². The molecule has 0 amide bonds. The molecule has 115 heavy (non-hydrogen) atoms. The average Bonchev–Trinajstić information content (AvgIpc) is 1.74. The highest BCUT2D eigenvalue weighted by Gasteiger charge is 2.24. The van der Waals surface area contributed by atoms with Crippen LogP contribution < -0.4 is 45.0 Å². The van der Waals surface area contributed by atoms with Crippen molar-refractivity contribution in [3.8, 4) is 74.3 Å². The van der Waals surface area contributed by atoms with Gasteiger partial charge in [0.05, 0.1) is 75.3 Å². The van der Waals surface area contributed by atoms with Crippen LogP contribution in [-0.4, -0.2) is 145 Å². The first-order chi connectivity index (χ1) is 54.7. The summed E-state index contributed by atoms with van der Waals surface area (Å²) in [5.74, 6) is 4.97. The van der Waals surface area contributed by atoms with Gasteiger partial charge in [0.15, 0.2) is 20.5 Å². The predicted octanol–water partition coefficient (Wildman–Crippen LogP) is 23.4. The molecule has 1 aliphatic heterocycles. The summed E-state index contributed by atoms with van der Waals surface area (Å²) in [5, 5.41) is 27.3. The summed E-state index contributed by atoms with van der Waals surface area (Å²) in [7, 11) is 0. The highest BCUT2D eigenvalue weighted by Crippen LogP contribution is 2.42. The molecule has 4 N–H and O–H groups in total. The van der Waals surface area contributed by atoms with E-state index in [1.54, 1.807) is 34.0 Å². The van der Waals surface area contributed by atoms with Crippen LogP contribution in [0, 0.1) is 23.4 Å². The monoisotopic (exact) mass is 1690 g/mol. The van der Waals surface area contributed by atoms with Crippen molar-refractivity contribution in [2.75, 3.05) is 73.5 Å². The highest BCUT2D eigenvalue weighted by molar-refractivity contribution is 7.97. The molecule has 612 valence electrons. The lowest BCUT2D eigenvalue weighted by Crippen LogP contribution is -2.38. The van der Waals surface area contributed by atoms with Gasteiger partial charge in [-0.05, 0) is 197 Å². The van der Waals surface area contributed by atoms with E-state index in [-0.39, 0.29) is 29.5 Å². The Morgan fingerprint density at radius 3 is 1.50 bits per heavy atom. The van der Waals surface area contributed by atoms with Crippen LogP contribution in [0.15, 0.2) is 107 Å². The predicted molar refractivity (Wildman–Crippen MR) is 485 cm³/mol. The van der Waals surface area contributed by atoms with Crippen LogP contribution in [-0.2, 0) is 16.9 Å². The minimum atomic E-state index is -0.328. The van der Waals surface area contributed by atoms with Gasteiger partial charge in [-0.1, -0.05) is 52.7 Å². The molecule has 0 bridgehead atoms. The number of rotatable bonds is 26. The molecule has 22 nitrogen and oxygen atoms in total. The Hall–Kier alpha value is -8.82. The molecule has 0 saturated carbocycles. The van der Waals surface area contributed by atoms with E-state index in [1.807, 2.05) is 131 Å². The topological polar surface area (TPSA) is 248 Å². The average molecular weight is 1700 g/mol. The summed E-state index contributed by atoms with van der Waals surface area (Å²) in [6.07, 6.45) is 2.84. The van der Waals surface area contributed by atoms with E-state index >= 15 is 0 Å². The largest absolute Gasteiger partial charge is 0.492 e. The number of pyridine rings is 4. The summed E-state index contributed by atoms with van der Waals surface area (Å²) in [5.41, 5.74) is 12.3. The second-order valence-corrected chi connectivity index (χ2v) is 36.5. The van der Waals surface area contributed by atoms with Gasteiger partial charge in [0.25, 0.3) is 0 Å². The number of morpholine rings is 1. The number of benzene rings is 4. The summed E-state index contributed by atoms with van der Waals surface area (Å²) in [6, 6.07) is 31.7. The van der Waals surface area contributed by atoms with E-state index in [0.717, 1.165) is 177 Å². The second kappa shape index (κ2) is 41.8. The van der Waals surface area contributed by atoms with Gasteiger partial charge in [0.2, 0.25) is 6.54 Å². The summed E-state index contributed by atoms with van der Waals surface area (Å²) < 4.78 is 36.7. The van der Waals surface area contributed by atoms with Crippen molar-refractivity contribution < 1.29 is 28.4 Å². The van der Waals surface area contributed by atoms with Crippen molar-refractivity contribution in [1.29, 1.82) is 0 Å². The van der Waals surface area contributed by atoms with Crippen molar-refractivity contribution in [2.45, 2.75) is 191 Å². The maximum Gasteiger partial charge on any atom is 0.218 e. The summed E-state index contributed by atoms with van der Waals surface area (Å²) in [4.78, 5) is 57.9. The van der Waals surface area contributed by atoms with Gasteiger partial charge in [0, 0.05) is 134 Å². The molecule has 1 saturated heterocycles. The van der Waals surface area contributed by atoms with E-state index in [2.05, 4.69) is 167 Å². The van der Waals surface area contributed by atoms with Crippen molar-refractivity contribution in [1.82, 2.24) is 44.8 Å². The van der Waals surface area contributed by atoms with Gasteiger partial charge in [-0.2, -0.15) is 11.8 Å². The fraction of sp³-hybridized carbons (Fsp3) is 0.430. The molecule has 0 radical (unpaired) electrons. The number of fused-ring (bicyclic) bond motifs is 4. The zero-order valence-electron chi connectivity index (χ0n) is 69.3. The third-order valence-electron chi connectivity index (χ3n) is 16.4. The van der Waals surface area contributed by atoms with Crippen molar-refractivity contribution in [3.63, 3.8) is 0 Å². The van der Waals surface area contributed by atoms with Gasteiger partial charge >= 0.3 is 0 Å². The minimum absolute atomic E-state index is 0.0209. The quantitative estimate of drug-likeness (QED) is 0.0368. The number of aromatic nitrogens is 8. The number of ether oxygens (including phenoxy) is 6. The molecule has 1 fully saturated rings. The molecular weight excluding hydrogens is 1590 g/mol. The Balaban J connectivity index is 0.000000175. The fourth-order valence-corrected chi connectivity index (χ4v) is 16.3. The minimum Gasteiger partial charge on any atom is -0.492 e. The second-order valence-electron chi connectivity index (χ2n) is 31.1. The molecule has 29 heteroatoms. The SMILES string of the molecule is CC(C)Nc1nc(-c2cc(OC(C)(C)C)c3ccc(OCCN4CCOCC4)cc3n2)cs1.CSCc1ccc2c(OC(C)C)cc(-c3csc(NC(C)C)n3)nc2c1.Cc1ccc2c(OC(C)(C)C)cc(-c3nc(NC(C)C)sc3Cl)nc2c1.O=O.[C-]#[N+]CCc1ccc2c(OC(C)C)cc(-c3csc(NC(C)C)n3)nc2c1Cl. The number of hydrogen-bond acceptors (Lipinski definition) is 26. The molecule has 9 heterocycles. The summed E-state index contributed by atoms with van der Waals surface area (Å²) >= 11 is 21.1. The Labute approximate surface area is 706 Å². The molecule has 4 aromatic carbocycles. The normalized spacial score (nSPS) is 12.4.